The molecule has 0 unspecified atom stereocenters. The van der Waals surface area contributed by atoms with Crippen LogP contribution in [0.25, 0.3) is 10.2 Å². The molecule has 0 aliphatic carbocycles. The minimum atomic E-state index is -0.629. The molecule has 0 aliphatic heterocycles. The van der Waals surface area contributed by atoms with Crippen molar-refractivity contribution in [3.8, 4) is 0 Å². The van der Waals surface area contributed by atoms with E-state index < -0.39 is 24.4 Å². The van der Waals surface area contributed by atoms with Gasteiger partial charge in [0.1, 0.15) is 5.00 Å². The number of fused-ring (bicyclic) bond motifs is 1. The fourth-order valence-corrected chi connectivity index (χ4v) is 4.98. The lowest BCUT2D eigenvalue weighted by atomic mass is 10.3. The molecule has 3 rings (SSSR count). The minimum absolute atomic E-state index is 0.166. The van der Waals surface area contributed by atoms with E-state index >= 15 is 0 Å². The number of benzene rings is 1. The maximum atomic E-state index is 11.8. The van der Waals surface area contributed by atoms with Crippen LogP contribution < -0.4 is 11.1 Å². The van der Waals surface area contributed by atoms with Crippen LogP contribution in [0.1, 0.15) is 16.8 Å². The number of carbonyl (C=O) groups is 3. The number of carbonyl (C=O) groups excluding carboxylic acids is 3. The molecule has 2 amide bonds. The van der Waals surface area contributed by atoms with E-state index in [1.807, 2.05) is 24.3 Å². The zero-order valence-corrected chi connectivity index (χ0v) is 16.4. The predicted molar refractivity (Wildman–Crippen MR) is 107 cm³/mol. The van der Waals surface area contributed by atoms with Gasteiger partial charge in [-0.2, -0.15) is 0 Å². The molecule has 0 aliphatic rings. The first-order chi connectivity index (χ1) is 13.0. The van der Waals surface area contributed by atoms with Crippen molar-refractivity contribution in [1.82, 2.24) is 4.98 Å². The van der Waals surface area contributed by atoms with Gasteiger partial charge in [-0.25, -0.2) is 4.98 Å². The third-order valence-corrected chi connectivity index (χ3v) is 6.36. The SMILES string of the molecule is NC(=O)c1ccsc1NC(=O)COC(=O)CCSc1nc2ccccc2s1. The molecular weight excluding hydrogens is 406 g/mol. The molecule has 0 spiro atoms. The zero-order chi connectivity index (χ0) is 19.2. The standard InChI is InChI=1S/C17H15N3O4S3/c18-15(23)10-5-7-25-16(10)20-13(21)9-24-14(22)6-8-26-17-19-11-3-1-2-4-12(11)27-17/h1-5,7H,6,8-9H2,(H2,18,23)(H,20,21). The lowest BCUT2D eigenvalue weighted by molar-refractivity contribution is -0.146. The number of esters is 1. The van der Waals surface area contributed by atoms with Gasteiger partial charge in [0.25, 0.3) is 11.8 Å². The van der Waals surface area contributed by atoms with Crippen LogP contribution in [0.4, 0.5) is 5.00 Å². The first-order valence-corrected chi connectivity index (χ1v) is 10.5. The molecule has 0 atom stereocenters. The van der Waals surface area contributed by atoms with E-state index in [1.165, 1.54) is 29.2 Å². The fraction of sp³-hybridized carbons (Fsp3) is 0.176. The second-order valence-corrected chi connectivity index (χ2v) is 8.57. The molecule has 7 nitrogen and oxygen atoms in total. The van der Waals surface area contributed by atoms with Crippen LogP contribution in [0.5, 0.6) is 0 Å². The van der Waals surface area contributed by atoms with Gasteiger partial charge in [0, 0.05) is 5.75 Å². The molecular formula is C17H15N3O4S3. The first kappa shape index (κ1) is 19.3. The number of primary amides is 1. The van der Waals surface area contributed by atoms with Crippen molar-refractivity contribution in [2.45, 2.75) is 10.8 Å². The highest BCUT2D eigenvalue weighted by atomic mass is 32.2. The summed E-state index contributed by atoms with van der Waals surface area (Å²) >= 11 is 4.22. The number of ether oxygens (including phenoxy) is 1. The Bertz CT molecular complexity index is 950. The maximum absolute atomic E-state index is 11.8. The molecule has 3 N–H and O–H groups in total. The lowest BCUT2D eigenvalue weighted by Gasteiger charge is -2.06. The summed E-state index contributed by atoms with van der Waals surface area (Å²) < 4.78 is 6.94. The van der Waals surface area contributed by atoms with Crippen LogP contribution in [-0.4, -0.2) is 35.1 Å². The molecule has 0 fully saturated rings. The summed E-state index contributed by atoms with van der Waals surface area (Å²) in [5.74, 6) is -1.11. The van der Waals surface area contributed by atoms with E-state index in [0.29, 0.717) is 10.8 Å². The maximum Gasteiger partial charge on any atom is 0.307 e. The quantitative estimate of drug-likeness (QED) is 0.427. The van der Waals surface area contributed by atoms with Gasteiger partial charge in [-0.1, -0.05) is 23.9 Å². The van der Waals surface area contributed by atoms with Gasteiger partial charge in [0.2, 0.25) is 0 Å². The number of thiophene rings is 1. The highest BCUT2D eigenvalue weighted by Crippen LogP contribution is 2.29. The van der Waals surface area contributed by atoms with Gasteiger partial charge in [-0.15, -0.1) is 22.7 Å². The highest BCUT2D eigenvalue weighted by molar-refractivity contribution is 8.01. The third-order valence-electron chi connectivity index (χ3n) is 3.35. The minimum Gasteiger partial charge on any atom is -0.456 e. The van der Waals surface area contributed by atoms with Gasteiger partial charge in [-0.3, -0.25) is 14.4 Å². The lowest BCUT2D eigenvalue weighted by Crippen LogP contribution is -2.22. The van der Waals surface area contributed by atoms with Crippen molar-refractivity contribution in [3.05, 3.63) is 41.3 Å². The van der Waals surface area contributed by atoms with Crippen LogP contribution in [0, 0.1) is 0 Å². The molecule has 0 bridgehead atoms. The van der Waals surface area contributed by atoms with Crippen LogP contribution in [0.2, 0.25) is 0 Å². The topological polar surface area (TPSA) is 111 Å². The third kappa shape index (κ3) is 5.28. The Kier molecular flexibility index (Phi) is 6.43. The van der Waals surface area contributed by atoms with Crippen molar-refractivity contribution in [2.75, 3.05) is 17.7 Å². The first-order valence-electron chi connectivity index (χ1n) is 7.84. The van der Waals surface area contributed by atoms with Crippen molar-refractivity contribution < 1.29 is 19.1 Å². The number of nitrogens with one attached hydrogen (secondary N) is 1. The Labute approximate surface area is 166 Å². The summed E-state index contributed by atoms with van der Waals surface area (Å²) in [6.45, 7) is -0.416. The van der Waals surface area contributed by atoms with Gasteiger partial charge in [0.05, 0.1) is 22.2 Å². The number of rotatable bonds is 8. The summed E-state index contributed by atoms with van der Waals surface area (Å²) in [6.07, 6.45) is 0.166. The van der Waals surface area contributed by atoms with Gasteiger partial charge < -0.3 is 15.8 Å². The van der Waals surface area contributed by atoms with E-state index in [9.17, 15) is 14.4 Å². The number of aromatic nitrogens is 1. The van der Waals surface area contributed by atoms with Crippen molar-refractivity contribution in [3.63, 3.8) is 0 Å². The number of nitrogens with two attached hydrogens (primary N) is 1. The molecule has 0 radical (unpaired) electrons. The number of amides is 2. The van der Waals surface area contributed by atoms with Crippen molar-refractivity contribution in [2.24, 2.45) is 5.73 Å². The summed E-state index contributed by atoms with van der Waals surface area (Å²) in [4.78, 5) is 39.3. The second-order valence-electron chi connectivity index (χ2n) is 5.28. The molecule has 2 heterocycles. The largest absolute Gasteiger partial charge is 0.456 e. The molecule has 0 saturated carbocycles. The normalized spacial score (nSPS) is 10.7. The van der Waals surface area contributed by atoms with E-state index in [2.05, 4.69) is 10.3 Å². The average molecular weight is 422 g/mol. The Balaban J connectivity index is 1.39. The molecule has 10 heteroatoms. The van der Waals surface area contributed by atoms with Crippen LogP contribution in [0.15, 0.2) is 40.1 Å². The van der Waals surface area contributed by atoms with E-state index in [1.54, 1.807) is 16.7 Å². The summed E-state index contributed by atoms with van der Waals surface area (Å²) in [5, 5.41) is 4.49. The molecule has 1 aromatic carbocycles. The summed E-state index contributed by atoms with van der Waals surface area (Å²) in [6, 6.07) is 9.36. The van der Waals surface area contributed by atoms with E-state index in [0.717, 1.165) is 14.6 Å². The number of thioether (sulfide) groups is 1. The molecule has 0 saturated heterocycles. The Hall–Kier alpha value is -2.43. The number of hydrogen-bond acceptors (Lipinski definition) is 8. The van der Waals surface area contributed by atoms with Crippen LogP contribution in [0.3, 0.4) is 0 Å². The molecule has 27 heavy (non-hydrogen) atoms. The fourth-order valence-electron chi connectivity index (χ4n) is 2.12. The van der Waals surface area contributed by atoms with E-state index in [-0.39, 0.29) is 12.0 Å². The average Bonchev–Trinajstić information content (AvgIpc) is 3.26. The molecule has 140 valence electrons. The van der Waals surface area contributed by atoms with E-state index in [4.69, 9.17) is 10.5 Å². The zero-order valence-electron chi connectivity index (χ0n) is 14.0. The Morgan fingerprint density at radius 2 is 2.04 bits per heavy atom. The van der Waals surface area contributed by atoms with Gasteiger partial charge in [0.15, 0.2) is 10.9 Å². The number of thiazole rings is 1. The van der Waals surface area contributed by atoms with Gasteiger partial charge in [-0.05, 0) is 23.6 Å². The van der Waals surface area contributed by atoms with Crippen molar-refractivity contribution >= 4 is 67.4 Å². The van der Waals surface area contributed by atoms with Gasteiger partial charge >= 0.3 is 5.97 Å². The predicted octanol–water partition coefficient (Wildman–Crippen LogP) is 3.12. The van der Waals surface area contributed by atoms with Crippen molar-refractivity contribution in [1.29, 1.82) is 0 Å². The number of hydrogen-bond donors (Lipinski definition) is 2. The Morgan fingerprint density at radius 1 is 1.22 bits per heavy atom. The smallest absolute Gasteiger partial charge is 0.307 e. The number of anilines is 1. The molecule has 3 aromatic rings. The Morgan fingerprint density at radius 3 is 2.81 bits per heavy atom. The summed E-state index contributed by atoms with van der Waals surface area (Å²) in [5.41, 5.74) is 6.38. The number of nitrogens with zero attached hydrogens (tertiary/aromatic N) is 1. The second kappa shape index (κ2) is 8.98. The van der Waals surface area contributed by atoms with Crippen LogP contribution >= 0.6 is 34.4 Å². The van der Waals surface area contributed by atoms with Crippen LogP contribution in [-0.2, 0) is 14.3 Å². The molecule has 2 aromatic heterocycles. The monoisotopic (exact) mass is 421 g/mol. The number of para-hydroxylation sites is 1. The summed E-state index contributed by atoms with van der Waals surface area (Å²) in [7, 11) is 0. The highest BCUT2D eigenvalue weighted by Gasteiger charge is 2.14.